The first-order valence-electron chi connectivity index (χ1n) is 5.85. The minimum Gasteiger partial charge on any atom is -0.346 e. The van der Waals surface area contributed by atoms with E-state index in [1.807, 2.05) is 6.07 Å². The van der Waals surface area contributed by atoms with Crippen molar-refractivity contribution in [2.75, 3.05) is 0 Å². The third-order valence-electron chi connectivity index (χ3n) is 3.10. The highest BCUT2D eigenvalue weighted by molar-refractivity contribution is 9.10. The van der Waals surface area contributed by atoms with Crippen LogP contribution in [-0.2, 0) is 0 Å². The fourth-order valence-corrected chi connectivity index (χ4v) is 2.33. The highest BCUT2D eigenvalue weighted by atomic mass is 79.9. The molecule has 2 atom stereocenters. The zero-order valence-electron chi connectivity index (χ0n) is 9.53. The van der Waals surface area contributed by atoms with Gasteiger partial charge in [0.15, 0.2) is 0 Å². The Kier molecular flexibility index (Phi) is 4.12. The molecule has 0 radical (unpaired) electrons. The molecule has 0 spiro atoms. The fraction of sp³-hybridized carbons (Fsp3) is 0.500. The Hall–Kier alpha value is -0.940. The van der Waals surface area contributed by atoms with Gasteiger partial charge in [-0.05, 0) is 40.9 Å². The second kappa shape index (κ2) is 5.60. The van der Waals surface area contributed by atoms with E-state index in [1.54, 1.807) is 12.3 Å². The fourth-order valence-electron chi connectivity index (χ4n) is 2.09. The van der Waals surface area contributed by atoms with E-state index in [9.17, 15) is 4.79 Å². The van der Waals surface area contributed by atoms with Gasteiger partial charge in [-0.25, -0.2) is 4.98 Å². The molecule has 5 heteroatoms. The third-order valence-corrected chi connectivity index (χ3v) is 3.57. The quantitative estimate of drug-likeness (QED) is 0.875. The number of carbonyl (C=O) groups excluding carboxylic acids is 1. The number of rotatable bonds is 2. The number of pyridine rings is 1. The van der Waals surface area contributed by atoms with Crippen molar-refractivity contribution in [3.05, 3.63) is 28.5 Å². The van der Waals surface area contributed by atoms with Crippen molar-refractivity contribution in [3.63, 3.8) is 0 Å². The molecule has 4 nitrogen and oxygen atoms in total. The SMILES string of the molecule is N[C@@H]1CCCC[C@H]1NC(=O)c1ccc(Br)cn1. The Bertz CT molecular complexity index is 393. The van der Waals surface area contributed by atoms with Gasteiger partial charge in [0.1, 0.15) is 5.69 Å². The molecule has 2 rings (SSSR count). The number of hydrogen-bond acceptors (Lipinski definition) is 3. The van der Waals surface area contributed by atoms with Crippen LogP contribution >= 0.6 is 15.9 Å². The molecular weight excluding hydrogens is 282 g/mol. The first-order chi connectivity index (χ1) is 8.16. The van der Waals surface area contributed by atoms with Crippen molar-refractivity contribution in [1.29, 1.82) is 0 Å². The molecular formula is C12H16BrN3O. The van der Waals surface area contributed by atoms with Crippen molar-refractivity contribution in [3.8, 4) is 0 Å². The number of carbonyl (C=O) groups is 1. The van der Waals surface area contributed by atoms with Crippen molar-refractivity contribution >= 4 is 21.8 Å². The highest BCUT2D eigenvalue weighted by Crippen LogP contribution is 2.17. The predicted octanol–water partition coefficient (Wildman–Crippen LogP) is 1.84. The summed E-state index contributed by atoms with van der Waals surface area (Å²) in [5.74, 6) is -0.139. The molecule has 1 fully saturated rings. The van der Waals surface area contributed by atoms with Crippen LogP contribution in [-0.4, -0.2) is 23.0 Å². The number of nitrogens with one attached hydrogen (secondary N) is 1. The molecule has 0 aromatic carbocycles. The van der Waals surface area contributed by atoms with Gasteiger partial charge in [-0.2, -0.15) is 0 Å². The lowest BCUT2D eigenvalue weighted by Crippen LogP contribution is -2.49. The minimum atomic E-state index is -0.139. The first kappa shape index (κ1) is 12.5. The van der Waals surface area contributed by atoms with Crippen molar-refractivity contribution in [1.82, 2.24) is 10.3 Å². The van der Waals surface area contributed by atoms with Gasteiger partial charge < -0.3 is 11.1 Å². The number of aromatic nitrogens is 1. The Balaban J connectivity index is 1.98. The van der Waals surface area contributed by atoms with Crippen molar-refractivity contribution in [2.24, 2.45) is 5.73 Å². The maximum Gasteiger partial charge on any atom is 0.270 e. The van der Waals surface area contributed by atoms with Crippen molar-refractivity contribution in [2.45, 2.75) is 37.8 Å². The standard InChI is InChI=1S/C12H16BrN3O/c13-8-5-6-11(15-7-8)12(17)16-10-4-2-1-3-9(10)14/h5-7,9-10H,1-4,14H2,(H,16,17)/t9-,10-/m1/s1. The van der Waals surface area contributed by atoms with E-state index in [0.717, 1.165) is 30.2 Å². The highest BCUT2D eigenvalue weighted by Gasteiger charge is 2.23. The summed E-state index contributed by atoms with van der Waals surface area (Å²) >= 11 is 3.29. The Morgan fingerprint density at radius 3 is 2.82 bits per heavy atom. The van der Waals surface area contributed by atoms with E-state index in [-0.39, 0.29) is 18.0 Å². The average molecular weight is 298 g/mol. The van der Waals surface area contributed by atoms with Crippen LogP contribution in [0, 0.1) is 0 Å². The zero-order valence-corrected chi connectivity index (χ0v) is 11.1. The van der Waals surface area contributed by atoms with E-state index in [4.69, 9.17) is 5.73 Å². The van der Waals surface area contributed by atoms with Gasteiger partial charge in [-0.15, -0.1) is 0 Å². The lowest BCUT2D eigenvalue weighted by molar-refractivity contribution is 0.0916. The molecule has 1 aromatic rings. The summed E-state index contributed by atoms with van der Waals surface area (Å²) in [5, 5.41) is 2.96. The molecule has 0 saturated heterocycles. The summed E-state index contributed by atoms with van der Waals surface area (Å²) in [7, 11) is 0. The van der Waals surface area contributed by atoms with Crippen LogP contribution < -0.4 is 11.1 Å². The zero-order chi connectivity index (χ0) is 12.3. The van der Waals surface area contributed by atoms with E-state index in [2.05, 4.69) is 26.2 Å². The molecule has 1 aromatic heterocycles. The monoisotopic (exact) mass is 297 g/mol. The maximum absolute atomic E-state index is 11.9. The Morgan fingerprint density at radius 2 is 2.18 bits per heavy atom. The molecule has 3 N–H and O–H groups in total. The first-order valence-corrected chi connectivity index (χ1v) is 6.64. The summed E-state index contributed by atoms with van der Waals surface area (Å²) < 4.78 is 0.864. The van der Waals surface area contributed by atoms with Gasteiger partial charge in [0.25, 0.3) is 5.91 Å². The lowest BCUT2D eigenvalue weighted by Gasteiger charge is -2.29. The number of hydrogen-bond donors (Lipinski definition) is 2. The van der Waals surface area contributed by atoms with Crippen LogP contribution in [0.2, 0.25) is 0 Å². The number of nitrogens with zero attached hydrogens (tertiary/aromatic N) is 1. The second-order valence-electron chi connectivity index (χ2n) is 4.39. The third kappa shape index (κ3) is 3.26. The van der Waals surface area contributed by atoms with Gasteiger partial charge in [0.05, 0.1) is 0 Å². The summed E-state index contributed by atoms with van der Waals surface area (Å²) in [6, 6.07) is 3.67. The van der Waals surface area contributed by atoms with E-state index < -0.39 is 0 Å². The van der Waals surface area contributed by atoms with Gasteiger partial charge in [0.2, 0.25) is 0 Å². The van der Waals surface area contributed by atoms with E-state index in [1.165, 1.54) is 0 Å². The molecule has 1 aliphatic carbocycles. The summed E-state index contributed by atoms with van der Waals surface area (Å²) in [6.45, 7) is 0. The maximum atomic E-state index is 11.9. The topological polar surface area (TPSA) is 68.0 Å². The molecule has 92 valence electrons. The summed E-state index contributed by atoms with van der Waals surface area (Å²) in [5.41, 5.74) is 6.42. The average Bonchev–Trinajstić information content (AvgIpc) is 2.33. The normalized spacial score (nSPS) is 24.4. The Labute approximate surface area is 109 Å². The number of nitrogens with two attached hydrogens (primary N) is 1. The van der Waals surface area contributed by atoms with Crippen LogP contribution in [0.1, 0.15) is 36.2 Å². The molecule has 17 heavy (non-hydrogen) atoms. The van der Waals surface area contributed by atoms with Gasteiger partial charge in [-0.3, -0.25) is 4.79 Å². The lowest BCUT2D eigenvalue weighted by atomic mass is 9.91. The smallest absolute Gasteiger partial charge is 0.270 e. The predicted molar refractivity (Wildman–Crippen MR) is 69.6 cm³/mol. The molecule has 0 unspecified atom stereocenters. The molecule has 0 bridgehead atoms. The van der Waals surface area contributed by atoms with E-state index >= 15 is 0 Å². The molecule has 1 aliphatic rings. The van der Waals surface area contributed by atoms with Crippen LogP contribution in [0.15, 0.2) is 22.8 Å². The molecule has 1 amide bonds. The van der Waals surface area contributed by atoms with Crippen molar-refractivity contribution < 1.29 is 4.79 Å². The number of halogens is 1. The summed E-state index contributed by atoms with van der Waals surface area (Å²) in [6.07, 6.45) is 5.86. The van der Waals surface area contributed by atoms with Crippen LogP contribution in [0.4, 0.5) is 0 Å². The van der Waals surface area contributed by atoms with Crippen LogP contribution in [0.25, 0.3) is 0 Å². The number of amides is 1. The van der Waals surface area contributed by atoms with Gasteiger partial charge in [0, 0.05) is 22.8 Å². The van der Waals surface area contributed by atoms with Crippen LogP contribution in [0.5, 0.6) is 0 Å². The molecule has 1 saturated carbocycles. The summed E-state index contributed by atoms with van der Waals surface area (Å²) in [4.78, 5) is 16.0. The van der Waals surface area contributed by atoms with Crippen LogP contribution in [0.3, 0.4) is 0 Å². The van der Waals surface area contributed by atoms with E-state index in [0.29, 0.717) is 5.69 Å². The largest absolute Gasteiger partial charge is 0.346 e. The molecule has 1 heterocycles. The second-order valence-corrected chi connectivity index (χ2v) is 5.31. The van der Waals surface area contributed by atoms with Gasteiger partial charge in [-0.1, -0.05) is 12.8 Å². The molecule has 0 aliphatic heterocycles. The van der Waals surface area contributed by atoms with Gasteiger partial charge >= 0.3 is 0 Å². The minimum absolute atomic E-state index is 0.0724. The Morgan fingerprint density at radius 1 is 1.41 bits per heavy atom.